The highest BCUT2D eigenvalue weighted by atomic mass is 32.2. The van der Waals surface area contributed by atoms with E-state index < -0.39 is 17.4 Å². The standard InChI is InChI=1S/C24H21N3O4S2/c1-4-26-15-10-7-6-9-14(15)21(29)27-22-19(20(28)25-24(26)27)18(16-11-8-12-32-16)17(13(3)33-22)23(30)31-5-2/h6-12,18H,4-5H2,1-3H3. The zero-order chi connectivity index (χ0) is 23.3. The van der Waals surface area contributed by atoms with Crippen LogP contribution in [0, 0.1) is 0 Å². The summed E-state index contributed by atoms with van der Waals surface area (Å²) < 4.78 is 8.74. The molecule has 0 saturated heterocycles. The molecule has 3 aromatic heterocycles. The molecule has 0 saturated carbocycles. The summed E-state index contributed by atoms with van der Waals surface area (Å²) in [5, 5.41) is 2.95. The molecule has 0 aliphatic carbocycles. The van der Waals surface area contributed by atoms with Crippen LogP contribution in [0.2, 0.25) is 0 Å². The molecule has 1 atom stereocenters. The number of aromatic nitrogens is 3. The van der Waals surface area contributed by atoms with E-state index in [-0.39, 0.29) is 12.2 Å². The van der Waals surface area contributed by atoms with E-state index in [9.17, 15) is 14.4 Å². The van der Waals surface area contributed by atoms with Crippen molar-refractivity contribution in [3.8, 4) is 0 Å². The molecule has 1 aromatic carbocycles. The molecule has 5 rings (SSSR count). The molecule has 1 unspecified atom stereocenters. The third-order valence-corrected chi connectivity index (χ3v) is 7.84. The molecule has 9 heteroatoms. The summed E-state index contributed by atoms with van der Waals surface area (Å²) in [7, 11) is 0. The first-order valence-corrected chi connectivity index (χ1v) is 12.3. The fraction of sp³-hybridized carbons (Fsp3) is 0.250. The quantitative estimate of drug-likeness (QED) is 0.248. The van der Waals surface area contributed by atoms with E-state index in [1.54, 1.807) is 13.0 Å². The number of hydrogen-bond donors (Lipinski definition) is 0. The Morgan fingerprint density at radius 2 is 1.94 bits per heavy atom. The summed E-state index contributed by atoms with van der Waals surface area (Å²) in [6.07, 6.45) is 0. The molecule has 33 heavy (non-hydrogen) atoms. The first-order chi connectivity index (χ1) is 16.0. The van der Waals surface area contributed by atoms with Crippen molar-refractivity contribution in [1.29, 1.82) is 0 Å². The fourth-order valence-electron chi connectivity index (χ4n) is 4.40. The van der Waals surface area contributed by atoms with E-state index in [0.29, 0.717) is 38.8 Å². The van der Waals surface area contributed by atoms with Crippen LogP contribution >= 0.6 is 23.1 Å². The largest absolute Gasteiger partial charge is 0.463 e. The van der Waals surface area contributed by atoms with Crippen LogP contribution in [0.4, 0.5) is 0 Å². The molecule has 7 nitrogen and oxygen atoms in total. The SMILES string of the molecule is CCOC(=O)C1=C(C)Sc2c(c(=O)nc3n(CC)c4ccccc4c(=O)n23)C1c1cccs1. The van der Waals surface area contributed by atoms with Gasteiger partial charge in [-0.05, 0) is 49.3 Å². The lowest BCUT2D eigenvalue weighted by molar-refractivity contribution is -0.138. The minimum absolute atomic E-state index is 0.229. The number of rotatable bonds is 4. The summed E-state index contributed by atoms with van der Waals surface area (Å²) in [6, 6.07) is 11.1. The lowest BCUT2D eigenvalue weighted by Gasteiger charge is -2.28. The zero-order valence-electron chi connectivity index (χ0n) is 18.3. The van der Waals surface area contributed by atoms with Gasteiger partial charge in [-0.3, -0.25) is 9.59 Å². The molecule has 168 valence electrons. The number of thiophene rings is 1. The van der Waals surface area contributed by atoms with Gasteiger partial charge in [-0.15, -0.1) is 11.3 Å². The number of esters is 1. The van der Waals surface area contributed by atoms with Crippen LogP contribution in [0.25, 0.3) is 16.7 Å². The normalized spacial score (nSPS) is 15.8. The molecule has 0 spiro atoms. The number of ether oxygens (including phenoxy) is 1. The Balaban J connectivity index is 1.93. The van der Waals surface area contributed by atoms with Gasteiger partial charge < -0.3 is 9.30 Å². The van der Waals surface area contributed by atoms with Gasteiger partial charge in [0.15, 0.2) is 0 Å². The van der Waals surface area contributed by atoms with Gasteiger partial charge in [-0.25, -0.2) is 9.20 Å². The van der Waals surface area contributed by atoms with Crippen molar-refractivity contribution < 1.29 is 9.53 Å². The number of fused-ring (bicyclic) bond motifs is 4. The Labute approximate surface area is 197 Å². The number of thioether (sulfide) groups is 1. The topological polar surface area (TPSA) is 82.7 Å². The number of carbonyl (C=O) groups is 1. The van der Waals surface area contributed by atoms with Gasteiger partial charge in [0.05, 0.1) is 39.6 Å². The minimum atomic E-state index is -0.641. The second kappa shape index (κ2) is 8.31. The Morgan fingerprint density at radius 3 is 2.64 bits per heavy atom. The monoisotopic (exact) mass is 479 g/mol. The van der Waals surface area contributed by atoms with E-state index in [2.05, 4.69) is 4.98 Å². The van der Waals surface area contributed by atoms with Crippen molar-refractivity contribution >= 4 is 45.7 Å². The predicted octanol–water partition coefficient (Wildman–Crippen LogP) is 4.17. The summed E-state index contributed by atoms with van der Waals surface area (Å²) >= 11 is 2.71. The van der Waals surface area contributed by atoms with E-state index in [4.69, 9.17) is 4.74 Å². The van der Waals surface area contributed by atoms with E-state index in [0.717, 1.165) is 10.4 Å². The fourth-order valence-corrected chi connectivity index (χ4v) is 6.42. The van der Waals surface area contributed by atoms with Crippen LogP contribution in [0.1, 0.15) is 37.1 Å². The molecule has 0 fully saturated rings. The second-order valence-electron chi connectivity index (χ2n) is 7.58. The van der Waals surface area contributed by atoms with E-state index in [1.165, 1.54) is 27.5 Å². The van der Waals surface area contributed by atoms with Crippen molar-refractivity contribution in [3.05, 3.63) is 83.4 Å². The molecule has 0 amide bonds. The van der Waals surface area contributed by atoms with Gasteiger partial charge in [0.1, 0.15) is 0 Å². The molecule has 4 aromatic rings. The number of hydrogen-bond acceptors (Lipinski definition) is 7. The summed E-state index contributed by atoms with van der Waals surface area (Å²) in [5.74, 6) is -0.798. The van der Waals surface area contributed by atoms with Gasteiger partial charge in [-0.1, -0.05) is 30.0 Å². The zero-order valence-corrected chi connectivity index (χ0v) is 20.0. The average Bonchev–Trinajstić information content (AvgIpc) is 3.33. The highest BCUT2D eigenvalue weighted by molar-refractivity contribution is 8.03. The van der Waals surface area contributed by atoms with Gasteiger partial charge in [0.2, 0.25) is 5.78 Å². The van der Waals surface area contributed by atoms with Gasteiger partial charge in [0, 0.05) is 11.4 Å². The molecule has 1 aliphatic rings. The average molecular weight is 480 g/mol. The highest BCUT2D eigenvalue weighted by Crippen LogP contribution is 2.47. The number of aryl methyl sites for hydroxylation is 1. The molecule has 4 heterocycles. The number of benzene rings is 1. The summed E-state index contributed by atoms with van der Waals surface area (Å²) in [6.45, 7) is 6.30. The third-order valence-electron chi connectivity index (χ3n) is 5.78. The van der Waals surface area contributed by atoms with Crippen molar-refractivity contribution in [2.45, 2.75) is 38.3 Å². The van der Waals surface area contributed by atoms with Crippen LogP contribution in [0.15, 0.2) is 66.9 Å². The van der Waals surface area contributed by atoms with Crippen molar-refractivity contribution in [3.63, 3.8) is 0 Å². The van der Waals surface area contributed by atoms with Crippen LogP contribution in [0.3, 0.4) is 0 Å². The van der Waals surface area contributed by atoms with Crippen LogP contribution in [-0.4, -0.2) is 26.5 Å². The summed E-state index contributed by atoms with van der Waals surface area (Å²) in [4.78, 5) is 46.0. The number of nitrogens with zero attached hydrogens (tertiary/aromatic N) is 3. The Morgan fingerprint density at radius 1 is 1.15 bits per heavy atom. The third kappa shape index (κ3) is 3.26. The molecule has 0 radical (unpaired) electrons. The molecule has 0 bridgehead atoms. The van der Waals surface area contributed by atoms with Crippen LogP contribution in [-0.2, 0) is 16.1 Å². The number of allylic oxidation sites excluding steroid dienone is 1. The van der Waals surface area contributed by atoms with Crippen LogP contribution in [0.5, 0.6) is 0 Å². The number of para-hydroxylation sites is 1. The maximum Gasteiger partial charge on any atom is 0.335 e. The van der Waals surface area contributed by atoms with Crippen molar-refractivity contribution in [2.24, 2.45) is 0 Å². The Hall–Kier alpha value is -3.17. The van der Waals surface area contributed by atoms with Gasteiger partial charge >= 0.3 is 5.97 Å². The predicted molar refractivity (Wildman–Crippen MR) is 130 cm³/mol. The lowest BCUT2D eigenvalue weighted by atomic mass is 9.90. The van der Waals surface area contributed by atoms with Gasteiger partial charge in [0.25, 0.3) is 11.1 Å². The Bertz CT molecular complexity index is 1560. The molecular weight excluding hydrogens is 458 g/mol. The molecule has 0 N–H and O–H groups in total. The van der Waals surface area contributed by atoms with Gasteiger partial charge in [-0.2, -0.15) is 4.98 Å². The van der Waals surface area contributed by atoms with E-state index in [1.807, 2.05) is 54.1 Å². The first-order valence-electron chi connectivity index (χ1n) is 10.6. The number of carbonyl (C=O) groups excluding carboxylic acids is 1. The molecule has 1 aliphatic heterocycles. The van der Waals surface area contributed by atoms with E-state index >= 15 is 0 Å². The molecular formula is C24H21N3O4S2. The highest BCUT2D eigenvalue weighted by Gasteiger charge is 2.38. The maximum absolute atomic E-state index is 13.6. The van der Waals surface area contributed by atoms with Crippen molar-refractivity contribution in [1.82, 2.24) is 14.0 Å². The smallest absolute Gasteiger partial charge is 0.335 e. The summed E-state index contributed by atoms with van der Waals surface area (Å²) in [5.41, 5.74) is 0.809. The van der Waals surface area contributed by atoms with Crippen LogP contribution < -0.4 is 11.1 Å². The maximum atomic E-state index is 13.6. The first kappa shape index (κ1) is 21.7. The lowest BCUT2D eigenvalue weighted by Crippen LogP contribution is -2.33. The second-order valence-corrected chi connectivity index (χ2v) is 9.76. The van der Waals surface area contributed by atoms with Crippen molar-refractivity contribution in [2.75, 3.05) is 6.61 Å². The Kier molecular flexibility index (Phi) is 5.46. The minimum Gasteiger partial charge on any atom is -0.463 e.